The van der Waals surface area contributed by atoms with Crippen LogP contribution in [0.15, 0.2) is 31.6 Å². The van der Waals surface area contributed by atoms with E-state index < -0.39 is 11.9 Å². The molecule has 0 aromatic carbocycles. The van der Waals surface area contributed by atoms with Gasteiger partial charge in [0.25, 0.3) is 0 Å². The lowest BCUT2D eigenvalue weighted by Gasteiger charge is -2.02. The van der Waals surface area contributed by atoms with E-state index >= 15 is 0 Å². The molecule has 106 valence electrons. The first kappa shape index (κ1) is 15.2. The molecule has 1 aliphatic rings. The van der Waals surface area contributed by atoms with Gasteiger partial charge in [-0.3, -0.25) is 0 Å². The van der Waals surface area contributed by atoms with Crippen molar-refractivity contribution in [1.29, 1.82) is 0 Å². The first-order valence-electron chi connectivity index (χ1n) is 5.59. The van der Waals surface area contributed by atoms with Crippen LogP contribution in [-0.4, -0.2) is 26.2 Å². The maximum atomic E-state index is 11.8. The van der Waals surface area contributed by atoms with Gasteiger partial charge in [-0.2, -0.15) is 0 Å². The lowest BCUT2D eigenvalue weighted by atomic mass is 10.3. The number of esters is 2. The number of ether oxygens (including phenoxy) is 2. The third-order valence-corrected chi connectivity index (χ3v) is 6.29. The molecule has 2 rings (SSSR count). The van der Waals surface area contributed by atoms with Gasteiger partial charge in [-0.15, -0.1) is 11.3 Å². The fourth-order valence-corrected chi connectivity index (χ4v) is 4.87. The van der Waals surface area contributed by atoms with E-state index in [1.165, 1.54) is 37.7 Å². The summed E-state index contributed by atoms with van der Waals surface area (Å²) in [5.74, 6) is -1.03. The number of rotatable bonds is 3. The van der Waals surface area contributed by atoms with Gasteiger partial charge in [-0.1, -0.05) is 29.6 Å². The quantitative estimate of drug-likeness (QED) is 0.792. The maximum absolute atomic E-state index is 11.8. The van der Waals surface area contributed by atoms with Crippen molar-refractivity contribution in [3.63, 3.8) is 0 Å². The topological polar surface area (TPSA) is 52.6 Å². The Hall–Kier alpha value is -1.18. The molecule has 0 unspecified atom stereocenters. The highest BCUT2D eigenvalue weighted by Gasteiger charge is 2.33. The second-order valence-electron chi connectivity index (χ2n) is 3.74. The molecule has 0 amide bonds. The Morgan fingerprint density at radius 2 is 1.60 bits per heavy atom. The molecular weight excluding hydrogens is 316 g/mol. The summed E-state index contributed by atoms with van der Waals surface area (Å²) in [6.45, 7) is 1.97. The van der Waals surface area contributed by atoms with Crippen molar-refractivity contribution in [2.75, 3.05) is 14.2 Å². The third kappa shape index (κ3) is 2.94. The smallest absolute Gasteiger partial charge is 0.346 e. The van der Waals surface area contributed by atoms with E-state index in [4.69, 9.17) is 9.47 Å². The molecule has 0 spiro atoms. The van der Waals surface area contributed by atoms with Gasteiger partial charge < -0.3 is 9.47 Å². The summed E-state index contributed by atoms with van der Waals surface area (Å²) in [7, 11) is 2.59. The molecular formula is C13H12O4S3. The minimum absolute atomic E-state index is 0.287. The second kappa shape index (κ2) is 6.51. The maximum Gasteiger partial charge on any atom is 0.346 e. The van der Waals surface area contributed by atoms with Crippen LogP contribution >= 0.6 is 34.9 Å². The molecule has 0 radical (unpaired) electrons. The average Bonchev–Trinajstić information content (AvgIpc) is 3.13. The zero-order valence-corrected chi connectivity index (χ0v) is 13.5. The highest BCUT2D eigenvalue weighted by molar-refractivity contribution is 8.29. The summed E-state index contributed by atoms with van der Waals surface area (Å²) in [4.78, 5) is 25.2. The minimum atomic E-state index is -0.517. The predicted molar refractivity (Wildman–Crippen MR) is 83.2 cm³/mol. The van der Waals surface area contributed by atoms with Gasteiger partial charge in [0.2, 0.25) is 0 Å². The standard InChI is InChI=1S/C13H12O4S3/c1-7(8-5-4-6-18-8)13-19-9(11(14)16-2)10(20-13)12(15)17-3/h4-6H,1-3H3. The lowest BCUT2D eigenvalue weighted by Crippen LogP contribution is -2.08. The molecule has 0 N–H and O–H groups in total. The molecule has 1 aliphatic heterocycles. The number of thioether (sulfide) groups is 2. The molecule has 0 saturated heterocycles. The van der Waals surface area contributed by atoms with Crippen molar-refractivity contribution in [1.82, 2.24) is 0 Å². The van der Waals surface area contributed by atoms with Crippen LogP contribution in [0.4, 0.5) is 0 Å². The summed E-state index contributed by atoms with van der Waals surface area (Å²) in [6, 6.07) is 3.96. The zero-order chi connectivity index (χ0) is 14.7. The number of allylic oxidation sites excluding steroid dienone is 1. The fourth-order valence-electron chi connectivity index (χ4n) is 1.50. The van der Waals surface area contributed by atoms with Crippen molar-refractivity contribution in [2.45, 2.75) is 6.92 Å². The average molecular weight is 328 g/mol. The van der Waals surface area contributed by atoms with Crippen molar-refractivity contribution in [3.05, 3.63) is 36.4 Å². The van der Waals surface area contributed by atoms with Crippen LogP contribution in [-0.2, 0) is 19.1 Å². The Morgan fingerprint density at radius 1 is 1.05 bits per heavy atom. The van der Waals surface area contributed by atoms with E-state index in [9.17, 15) is 9.59 Å². The Kier molecular flexibility index (Phi) is 4.95. The van der Waals surface area contributed by atoms with Gasteiger partial charge in [-0.25, -0.2) is 9.59 Å². The molecule has 0 fully saturated rings. The minimum Gasteiger partial charge on any atom is -0.465 e. The van der Waals surface area contributed by atoms with Crippen LogP contribution in [0.1, 0.15) is 11.8 Å². The van der Waals surface area contributed by atoms with Crippen molar-refractivity contribution in [2.24, 2.45) is 0 Å². The summed E-state index contributed by atoms with van der Waals surface area (Å²) in [6.07, 6.45) is 0. The van der Waals surface area contributed by atoms with Crippen molar-refractivity contribution in [3.8, 4) is 0 Å². The number of thiophene rings is 1. The predicted octanol–water partition coefficient (Wildman–Crippen LogP) is 3.47. The van der Waals surface area contributed by atoms with E-state index in [0.717, 1.165) is 14.7 Å². The number of carbonyl (C=O) groups excluding carboxylic acids is 2. The highest BCUT2D eigenvalue weighted by Crippen LogP contribution is 2.52. The normalized spacial score (nSPS) is 14.4. The third-order valence-electron chi connectivity index (χ3n) is 2.53. The SMILES string of the molecule is COC(=O)C1=C(C(=O)OC)SC(=C(C)c2cccs2)S1. The summed E-state index contributed by atoms with van der Waals surface area (Å²) in [5, 5.41) is 1.99. The number of hydrogen-bond acceptors (Lipinski definition) is 7. The summed E-state index contributed by atoms with van der Waals surface area (Å²) >= 11 is 4.12. The molecule has 0 aliphatic carbocycles. The first-order chi connectivity index (χ1) is 9.58. The molecule has 0 saturated carbocycles. The number of carbonyl (C=O) groups is 2. The van der Waals surface area contributed by atoms with Crippen LogP contribution in [0.5, 0.6) is 0 Å². The van der Waals surface area contributed by atoms with Gasteiger partial charge in [0.1, 0.15) is 9.81 Å². The Morgan fingerprint density at radius 3 is 2.00 bits per heavy atom. The lowest BCUT2D eigenvalue weighted by molar-refractivity contribution is -0.138. The Labute approximate surface area is 129 Å². The van der Waals surface area contributed by atoms with E-state index in [-0.39, 0.29) is 9.81 Å². The van der Waals surface area contributed by atoms with E-state index in [1.54, 1.807) is 11.3 Å². The van der Waals surface area contributed by atoms with Gasteiger partial charge >= 0.3 is 11.9 Å². The molecule has 1 aromatic heterocycles. The van der Waals surface area contributed by atoms with Crippen LogP contribution in [0, 0.1) is 0 Å². The number of hydrogen-bond donors (Lipinski definition) is 0. The van der Waals surface area contributed by atoms with Crippen molar-refractivity contribution < 1.29 is 19.1 Å². The van der Waals surface area contributed by atoms with Gasteiger partial charge in [-0.05, 0) is 23.9 Å². The highest BCUT2D eigenvalue weighted by atomic mass is 32.2. The van der Waals surface area contributed by atoms with Crippen molar-refractivity contribution >= 4 is 52.4 Å². The van der Waals surface area contributed by atoms with Gasteiger partial charge in [0.15, 0.2) is 0 Å². The van der Waals surface area contributed by atoms with E-state index in [0.29, 0.717) is 0 Å². The molecule has 0 bridgehead atoms. The molecule has 4 nitrogen and oxygen atoms in total. The largest absolute Gasteiger partial charge is 0.465 e. The van der Waals surface area contributed by atoms with Gasteiger partial charge in [0, 0.05) is 4.88 Å². The molecule has 20 heavy (non-hydrogen) atoms. The molecule has 1 aromatic rings. The van der Waals surface area contributed by atoms with Crippen LogP contribution in [0.25, 0.3) is 5.57 Å². The first-order valence-corrected chi connectivity index (χ1v) is 8.11. The monoisotopic (exact) mass is 328 g/mol. The molecule has 2 heterocycles. The van der Waals surface area contributed by atoms with Gasteiger partial charge in [0.05, 0.1) is 18.5 Å². The van der Waals surface area contributed by atoms with E-state index in [2.05, 4.69) is 0 Å². The van der Waals surface area contributed by atoms with E-state index in [1.807, 2.05) is 24.4 Å². The Bertz CT molecular complexity index is 569. The molecule has 7 heteroatoms. The van der Waals surface area contributed by atoms with Crippen LogP contribution in [0.2, 0.25) is 0 Å². The molecule has 0 atom stereocenters. The zero-order valence-electron chi connectivity index (χ0n) is 11.1. The summed E-state index contributed by atoms with van der Waals surface area (Å²) in [5.41, 5.74) is 1.04. The number of methoxy groups -OCH3 is 2. The fraction of sp³-hybridized carbons (Fsp3) is 0.231. The second-order valence-corrected chi connectivity index (χ2v) is 6.98. The van der Waals surface area contributed by atoms with Crippen LogP contribution in [0.3, 0.4) is 0 Å². The Balaban J connectivity index is 2.36. The summed E-state index contributed by atoms with van der Waals surface area (Å²) < 4.78 is 10.3. The van der Waals surface area contributed by atoms with Crippen LogP contribution < -0.4 is 0 Å².